The number of hydrogen-bond acceptors (Lipinski definition) is 1. The molecule has 57 valence electrons. The topological polar surface area (TPSA) is 73.7 Å². The Morgan fingerprint density at radius 1 is 1.27 bits per heavy atom. The quantitative estimate of drug-likeness (QED) is 0.475. The van der Waals surface area contributed by atoms with Gasteiger partial charge in [-0.05, 0) is 5.56 Å². The summed E-state index contributed by atoms with van der Waals surface area (Å²) < 4.78 is 0. The molecule has 4 N–H and O–H groups in total. The highest BCUT2D eigenvalue weighted by Gasteiger charge is 2.07. The van der Waals surface area contributed by atoms with Crippen LogP contribution in [0.5, 0.6) is 0 Å². The van der Waals surface area contributed by atoms with E-state index in [1.165, 1.54) is 0 Å². The van der Waals surface area contributed by atoms with Crippen molar-refractivity contribution in [2.45, 2.75) is 6.04 Å². The molecule has 3 heteroatoms. The first kappa shape index (κ1) is 7.75. The van der Waals surface area contributed by atoms with Crippen molar-refractivity contribution < 1.29 is 0 Å². The molecule has 1 aromatic rings. The van der Waals surface area contributed by atoms with Gasteiger partial charge < -0.3 is 5.73 Å². The molecule has 0 aliphatic rings. The number of amidine groups is 1. The number of hydrogen-bond donors (Lipinski definition) is 2. The highest BCUT2D eigenvalue weighted by atomic mass is 14.8. The maximum atomic E-state index is 7.42. The summed E-state index contributed by atoms with van der Waals surface area (Å²) in [6.45, 7) is 0. The van der Waals surface area contributed by atoms with Crippen LogP contribution in [0.4, 0.5) is 0 Å². The Labute approximate surface area is 65.5 Å². The summed E-state index contributed by atoms with van der Waals surface area (Å²) >= 11 is 0. The third kappa shape index (κ3) is 1.78. The summed E-state index contributed by atoms with van der Waals surface area (Å²) in [6, 6.07) is 8.41. The van der Waals surface area contributed by atoms with Gasteiger partial charge in [-0.1, -0.05) is 30.3 Å². The zero-order chi connectivity index (χ0) is 8.27. The Balaban J connectivity index is 2.85. The Morgan fingerprint density at radius 2 is 1.82 bits per heavy atom. The predicted octanol–water partition coefficient (Wildman–Crippen LogP) is 0.947. The lowest BCUT2D eigenvalue weighted by Gasteiger charge is -2.07. The number of nitrogens with two attached hydrogens (primary N) is 1. The first-order chi connectivity index (χ1) is 5.22. The van der Waals surface area contributed by atoms with Crippen LogP contribution < -0.4 is 11.5 Å². The van der Waals surface area contributed by atoms with E-state index in [2.05, 4.69) is 0 Å². The highest BCUT2D eigenvalue weighted by molar-refractivity contribution is 5.83. The maximum absolute atomic E-state index is 7.42. The molecule has 1 unspecified atom stereocenters. The van der Waals surface area contributed by atoms with Crippen molar-refractivity contribution in [2.24, 2.45) is 5.73 Å². The fourth-order valence-corrected chi connectivity index (χ4v) is 0.825. The van der Waals surface area contributed by atoms with Crippen LogP contribution in [0.15, 0.2) is 30.3 Å². The number of nitrogens with one attached hydrogen (secondary N) is 2. The minimum Gasteiger partial charge on any atom is -0.386 e. The SMILES string of the molecule is [NH]C(C(=N)N)c1ccccc1. The van der Waals surface area contributed by atoms with Gasteiger partial charge in [-0.3, -0.25) is 5.41 Å². The van der Waals surface area contributed by atoms with Crippen LogP contribution in [-0.4, -0.2) is 5.84 Å². The number of rotatable bonds is 2. The van der Waals surface area contributed by atoms with Crippen LogP contribution in [0, 0.1) is 5.41 Å². The molecule has 0 saturated heterocycles. The predicted molar refractivity (Wildman–Crippen MR) is 44.2 cm³/mol. The first-order valence-corrected chi connectivity index (χ1v) is 3.32. The van der Waals surface area contributed by atoms with Crippen molar-refractivity contribution in [1.82, 2.24) is 5.73 Å². The van der Waals surface area contributed by atoms with Crippen LogP contribution in [0.1, 0.15) is 11.6 Å². The molecule has 1 atom stereocenters. The lowest BCUT2D eigenvalue weighted by Crippen LogP contribution is -2.21. The van der Waals surface area contributed by atoms with Gasteiger partial charge in [0.1, 0.15) is 11.9 Å². The van der Waals surface area contributed by atoms with Gasteiger partial charge in [0.05, 0.1) is 0 Å². The summed E-state index contributed by atoms with van der Waals surface area (Å²) in [4.78, 5) is 0. The molecular formula is C8H10N3. The normalized spacial score (nSPS) is 12.5. The average molecular weight is 148 g/mol. The largest absolute Gasteiger partial charge is 0.386 e. The zero-order valence-corrected chi connectivity index (χ0v) is 6.04. The van der Waals surface area contributed by atoms with E-state index in [1.54, 1.807) is 12.1 Å². The molecule has 0 bridgehead atoms. The standard InChI is InChI=1S/C8H10N3/c9-7(8(10)11)6-4-2-1-3-5-6/h1-5,7,9H,(H3,10,11). The van der Waals surface area contributed by atoms with Crippen LogP contribution in [0.25, 0.3) is 0 Å². The molecule has 0 aliphatic heterocycles. The van der Waals surface area contributed by atoms with E-state index >= 15 is 0 Å². The van der Waals surface area contributed by atoms with E-state index in [9.17, 15) is 0 Å². The van der Waals surface area contributed by atoms with Crippen LogP contribution in [0.2, 0.25) is 0 Å². The van der Waals surface area contributed by atoms with Gasteiger partial charge in [-0.15, -0.1) is 0 Å². The van der Waals surface area contributed by atoms with E-state index in [4.69, 9.17) is 16.9 Å². The van der Waals surface area contributed by atoms with E-state index in [-0.39, 0.29) is 5.84 Å². The molecule has 0 heterocycles. The van der Waals surface area contributed by atoms with E-state index in [1.807, 2.05) is 18.2 Å². The second-order valence-corrected chi connectivity index (χ2v) is 2.30. The van der Waals surface area contributed by atoms with Crippen molar-refractivity contribution in [1.29, 1.82) is 5.41 Å². The van der Waals surface area contributed by atoms with E-state index < -0.39 is 6.04 Å². The minimum absolute atomic E-state index is 0.115. The molecule has 1 rings (SSSR count). The molecule has 1 radical (unpaired) electrons. The molecule has 0 fully saturated rings. The van der Waals surface area contributed by atoms with Crippen molar-refractivity contribution in [3.8, 4) is 0 Å². The van der Waals surface area contributed by atoms with Crippen LogP contribution in [0.3, 0.4) is 0 Å². The maximum Gasteiger partial charge on any atom is 0.114 e. The Hall–Kier alpha value is -1.35. The molecule has 0 aliphatic carbocycles. The van der Waals surface area contributed by atoms with Crippen molar-refractivity contribution in [3.05, 3.63) is 35.9 Å². The zero-order valence-electron chi connectivity index (χ0n) is 6.04. The second kappa shape index (κ2) is 3.16. The van der Waals surface area contributed by atoms with Gasteiger partial charge in [-0.2, -0.15) is 0 Å². The fraction of sp³-hybridized carbons (Fsp3) is 0.125. The van der Waals surface area contributed by atoms with Gasteiger partial charge in [0.15, 0.2) is 0 Å². The van der Waals surface area contributed by atoms with Gasteiger partial charge in [0.2, 0.25) is 0 Å². The highest BCUT2D eigenvalue weighted by Crippen LogP contribution is 2.09. The molecule has 0 aromatic heterocycles. The molecule has 0 amide bonds. The average Bonchev–Trinajstić information content (AvgIpc) is 2.05. The Bertz CT molecular complexity index is 243. The molecule has 3 nitrogen and oxygen atoms in total. The summed E-state index contributed by atoms with van der Waals surface area (Å²) in [6.07, 6.45) is 0. The summed E-state index contributed by atoms with van der Waals surface area (Å²) in [5, 5.41) is 7.03. The Kier molecular flexibility index (Phi) is 2.23. The molecule has 0 saturated carbocycles. The van der Waals surface area contributed by atoms with E-state index in [0.29, 0.717) is 0 Å². The summed E-state index contributed by atoms with van der Waals surface area (Å²) in [5.74, 6) is -0.115. The first-order valence-electron chi connectivity index (χ1n) is 3.32. The summed E-state index contributed by atoms with van der Waals surface area (Å²) in [5.41, 5.74) is 13.3. The molecule has 11 heavy (non-hydrogen) atoms. The lowest BCUT2D eigenvalue weighted by atomic mass is 10.1. The third-order valence-electron chi connectivity index (χ3n) is 1.44. The molecule has 1 aromatic carbocycles. The van der Waals surface area contributed by atoms with Crippen LogP contribution >= 0.6 is 0 Å². The van der Waals surface area contributed by atoms with Gasteiger partial charge in [0, 0.05) is 0 Å². The van der Waals surface area contributed by atoms with Gasteiger partial charge in [0.25, 0.3) is 0 Å². The smallest absolute Gasteiger partial charge is 0.114 e. The molecule has 0 spiro atoms. The Morgan fingerprint density at radius 3 is 2.27 bits per heavy atom. The van der Waals surface area contributed by atoms with Crippen molar-refractivity contribution in [2.75, 3.05) is 0 Å². The fourth-order valence-electron chi connectivity index (χ4n) is 0.825. The third-order valence-corrected chi connectivity index (χ3v) is 1.44. The summed E-state index contributed by atoms with van der Waals surface area (Å²) in [7, 11) is 0. The minimum atomic E-state index is -0.712. The molecular weight excluding hydrogens is 138 g/mol. The second-order valence-electron chi connectivity index (χ2n) is 2.30. The van der Waals surface area contributed by atoms with Crippen molar-refractivity contribution >= 4 is 5.84 Å². The van der Waals surface area contributed by atoms with Crippen LogP contribution in [-0.2, 0) is 0 Å². The van der Waals surface area contributed by atoms with Gasteiger partial charge >= 0.3 is 0 Å². The van der Waals surface area contributed by atoms with Crippen molar-refractivity contribution in [3.63, 3.8) is 0 Å². The number of benzene rings is 1. The van der Waals surface area contributed by atoms with Gasteiger partial charge in [-0.25, -0.2) is 5.73 Å². The van der Waals surface area contributed by atoms with E-state index in [0.717, 1.165) is 5.56 Å². The lowest BCUT2D eigenvalue weighted by molar-refractivity contribution is 0.904. The monoisotopic (exact) mass is 148 g/mol.